The summed E-state index contributed by atoms with van der Waals surface area (Å²) in [6.07, 6.45) is 5.31. The molecule has 0 aliphatic carbocycles. The summed E-state index contributed by atoms with van der Waals surface area (Å²) in [6, 6.07) is 30.2. The highest BCUT2D eigenvalue weighted by Crippen LogP contribution is 2.37. The lowest BCUT2D eigenvalue weighted by atomic mass is 9.97. The minimum atomic E-state index is -0.757. The molecule has 7 rings (SSSR count). The molecule has 0 saturated carbocycles. The summed E-state index contributed by atoms with van der Waals surface area (Å²) < 4.78 is 42.4. The molecule has 1 N–H and O–H groups in total. The Labute approximate surface area is 333 Å². The SMILES string of the molecule is CN1CCC(C(=O)OCn2cc(C(=O)Cc3ccc(Oc4ccnc(NC(c5ccccc5)c5ccccc5)c4Cl)c(F)c3)c(=O)c(-c3ccc(F)cc3)c2)CC1. The van der Waals surface area contributed by atoms with E-state index in [1.807, 2.05) is 67.7 Å². The number of nitrogens with one attached hydrogen (secondary N) is 1. The first-order valence-corrected chi connectivity index (χ1v) is 18.9. The zero-order valence-electron chi connectivity index (χ0n) is 31.0. The quantitative estimate of drug-likeness (QED) is 0.0914. The Hall–Kier alpha value is -6.17. The minimum Gasteiger partial charge on any atom is -0.453 e. The third-order valence-electron chi connectivity index (χ3n) is 9.92. The lowest BCUT2D eigenvalue weighted by Gasteiger charge is -2.27. The molecular formula is C45H39ClF2N4O5. The number of ketones is 1. The molecule has 1 fully saturated rings. The number of hydrogen-bond donors (Lipinski definition) is 1. The number of anilines is 1. The van der Waals surface area contributed by atoms with E-state index in [1.54, 1.807) is 0 Å². The maximum absolute atomic E-state index is 15.6. The molecule has 1 aliphatic heterocycles. The van der Waals surface area contributed by atoms with Crippen molar-refractivity contribution in [3.05, 3.63) is 177 Å². The van der Waals surface area contributed by atoms with E-state index in [0.717, 1.165) is 30.3 Å². The predicted molar refractivity (Wildman–Crippen MR) is 215 cm³/mol. The van der Waals surface area contributed by atoms with Crippen molar-refractivity contribution >= 4 is 29.2 Å². The van der Waals surface area contributed by atoms with Gasteiger partial charge in [-0.05, 0) is 79.5 Å². The molecule has 0 unspecified atom stereocenters. The second-order valence-corrected chi connectivity index (χ2v) is 14.3. The number of Topliss-reactive ketones (excluding diaryl/α,β-unsaturated/α-hetero) is 1. The normalized spacial score (nSPS) is 13.4. The number of carbonyl (C=O) groups is 2. The highest BCUT2D eigenvalue weighted by atomic mass is 35.5. The van der Waals surface area contributed by atoms with E-state index in [9.17, 15) is 18.8 Å². The van der Waals surface area contributed by atoms with Crippen molar-refractivity contribution in [2.75, 3.05) is 25.5 Å². The van der Waals surface area contributed by atoms with Gasteiger partial charge in [0.2, 0.25) is 0 Å². The third-order valence-corrected chi connectivity index (χ3v) is 10.3. The molecule has 4 aromatic carbocycles. The van der Waals surface area contributed by atoms with Gasteiger partial charge in [0.15, 0.2) is 35.3 Å². The molecule has 0 spiro atoms. The van der Waals surface area contributed by atoms with Gasteiger partial charge < -0.3 is 24.3 Å². The van der Waals surface area contributed by atoms with Gasteiger partial charge in [-0.25, -0.2) is 13.8 Å². The first-order chi connectivity index (χ1) is 27.6. The molecular weight excluding hydrogens is 750 g/mol. The second-order valence-electron chi connectivity index (χ2n) is 13.9. The van der Waals surface area contributed by atoms with Crippen molar-refractivity contribution < 1.29 is 27.8 Å². The molecule has 57 heavy (non-hydrogen) atoms. The average molecular weight is 789 g/mol. The predicted octanol–water partition coefficient (Wildman–Crippen LogP) is 9.10. The van der Waals surface area contributed by atoms with E-state index in [0.29, 0.717) is 24.2 Å². The van der Waals surface area contributed by atoms with E-state index in [-0.39, 0.29) is 64.3 Å². The Balaban J connectivity index is 1.09. The number of hydrogen-bond acceptors (Lipinski definition) is 8. The Morgan fingerprint density at radius 2 is 1.54 bits per heavy atom. The fourth-order valence-corrected chi connectivity index (χ4v) is 6.97. The van der Waals surface area contributed by atoms with Gasteiger partial charge in [0.1, 0.15) is 16.7 Å². The summed E-state index contributed by atoms with van der Waals surface area (Å²) in [5.41, 5.74) is 1.96. The van der Waals surface area contributed by atoms with Crippen LogP contribution in [0.4, 0.5) is 14.6 Å². The summed E-state index contributed by atoms with van der Waals surface area (Å²) >= 11 is 6.78. The molecule has 0 amide bonds. The van der Waals surface area contributed by atoms with Crippen molar-refractivity contribution in [2.24, 2.45) is 5.92 Å². The zero-order chi connectivity index (χ0) is 39.9. The largest absolute Gasteiger partial charge is 0.453 e. The fourth-order valence-electron chi connectivity index (χ4n) is 6.77. The van der Waals surface area contributed by atoms with E-state index in [4.69, 9.17) is 21.1 Å². The molecule has 6 aromatic rings. The number of halogens is 3. The van der Waals surface area contributed by atoms with Gasteiger partial charge in [0.05, 0.1) is 17.5 Å². The number of rotatable bonds is 13. The van der Waals surface area contributed by atoms with Crippen LogP contribution in [0.15, 0.2) is 133 Å². The number of pyridine rings is 2. The van der Waals surface area contributed by atoms with Gasteiger partial charge in [-0.3, -0.25) is 14.4 Å². The molecule has 0 radical (unpaired) electrons. The summed E-state index contributed by atoms with van der Waals surface area (Å²) in [7, 11) is 1.99. The van der Waals surface area contributed by atoms with Crippen LogP contribution in [0.1, 0.15) is 45.9 Å². The summed E-state index contributed by atoms with van der Waals surface area (Å²) in [5, 5.41) is 3.54. The number of carbonyl (C=O) groups excluding carboxylic acids is 2. The van der Waals surface area contributed by atoms with Crippen LogP contribution in [-0.4, -0.2) is 46.3 Å². The maximum atomic E-state index is 15.6. The lowest BCUT2D eigenvalue weighted by Crippen LogP contribution is -2.34. The standard InChI is InChI=1S/C45H39ClF2N4O5/c1-51-22-19-33(20-23-51)45(55)56-28-52-26-35(30-13-15-34(47)16-14-30)43(54)36(27-52)38(53)25-29-12-17-39(37(48)24-29)57-40-18-21-49-44(41(40)46)50-42(31-8-4-2-5-9-31)32-10-6-3-7-11-32/h2-18,21,24,26-27,33,42H,19-20,22-23,25,28H2,1H3,(H,49,50). The number of aromatic nitrogens is 2. The molecule has 0 bridgehead atoms. The number of likely N-dealkylation sites (tertiary alicyclic amines) is 1. The monoisotopic (exact) mass is 788 g/mol. The first kappa shape index (κ1) is 39.1. The van der Waals surface area contributed by atoms with Crippen LogP contribution in [0.2, 0.25) is 5.02 Å². The minimum absolute atomic E-state index is 0.119. The number of esters is 1. The summed E-state index contributed by atoms with van der Waals surface area (Å²) in [4.78, 5) is 46.9. The van der Waals surface area contributed by atoms with Crippen LogP contribution in [-0.2, 0) is 22.7 Å². The molecule has 2 aromatic heterocycles. The van der Waals surface area contributed by atoms with Crippen molar-refractivity contribution in [3.8, 4) is 22.6 Å². The van der Waals surface area contributed by atoms with Crippen molar-refractivity contribution in [1.29, 1.82) is 0 Å². The molecule has 0 atom stereocenters. The molecule has 290 valence electrons. The maximum Gasteiger partial charge on any atom is 0.310 e. The van der Waals surface area contributed by atoms with E-state index < -0.39 is 22.8 Å². The summed E-state index contributed by atoms with van der Waals surface area (Å²) in [6.45, 7) is 1.31. The number of nitrogens with zero attached hydrogens (tertiary/aromatic N) is 3. The Bertz CT molecular complexity index is 2380. The first-order valence-electron chi connectivity index (χ1n) is 18.5. The van der Waals surface area contributed by atoms with Crippen LogP contribution in [0.5, 0.6) is 11.5 Å². The van der Waals surface area contributed by atoms with E-state index >= 15 is 4.39 Å². The molecule has 9 nitrogen and oxygen atoms in total. The highest BCUT2D eigenvalue weighted by Gasteiger charge is 2.25. The van der Waals surface area contributed by atoms with Crippen LogP contribution in [0.3, 0.4) is 0 Å². The van der Waals surface area contributed by atoms with Gasteiger partial charge in [-0.15, -0.1) is 0 Å². The van der Waals surface area contributed by atoms with Gasteiger partial charge in [0.25, 0.3) is 0 Å². The molecule has 3 heterocycles. The number of ether oxygens (including phenoxy) is 2. The highest BCUT2D eigenvalue weighted by molar-refractivity contribution is 6.34. The fraction of sp³-hybridized carbons (Fsp3) is 0.200. The van der Waals surface area contributed by atoms with Crippen molar-refractivity contribution in [3.63, 3.8) is 0 Å². The van der Waals surface area contributed by atoms with Gasteiger partial charge >= 0.3 is 5.97 Å². The van der Waals surface area contributed by atoms with Gasteiger partial charge in [-0.2, -0.15) is 0 Å². The topological polar surface area (TPSA) is 103 Å². The zero-order valence-corrected chi connectivity index (χ0v) is 31.8. The lowest BCUT2D eigenvalue weighted by molar-refractivity contribution is -0.154. The van der Waals surface area contributed by atoms with E-state index in [2.05, 4.69) is 15.2 Å². The smallest absolute Gasteiger partial charge is 0.310 e. The van der Waals surface area contributed by atoms with E-state index in [1.165, 1.54) is 65.6 Å². The third kappa shape index (κ3) is 9.45. The Morgan fingerprint density at radius 3 is 2.19 bits per heavy atom. The molecule has 1 aliphatic rings. The summed E-state index contributed by atoms with van der Waals surface area (Å²) in [5.74, 6) is -2.10. The average Bonchev–Trinajstić information content (AvgIpc) is 3.22. The van der Waals surface area contributed by atoms with Gasteiger partial charge in [0, 0.05) is 36.6 Å². The van der Waals surface area contributed by atoms with Crippen LogP contribution in [0.25, 0.3) is 11.1 Å². The Kier molecular flexibility index (Phi) is 12.2. The molecule has 12 heteroatoms. The number of benzene rings is 4. The van der Waals surface area contributed by atoms with Crippen LogP contribution >= 0.6 is 11.6 Å². The van der Waals surface area contributed by atoms with Crippen LogP contribution in [0, 0.1) is 17.6 Å². The van der Waals surface area contributed by atoms with Gasteiger partial charge in [-0.1, -0.05) is 90.5 Å². The van der Waals surface area contributed by atoms with Crippen molar-refractivity contribution in [1.82, 2.24) is 14.5 Å². The van der Waals surface area contributed by atoms with Crippen molar-refractivity contribution in [2.45, 2.75) is 32.0 Å². The second kappa shape index (κ2) is 17.7. The number of piperidine rings is 1. The molecule has 1 saturated heterocycles. The Morgan fingerprint density at radius 1 is 0.877 bits per heavy atom. The van der Waals surface area contributed by atoms with Crippen LogP contribution < -0.4 is 15.5 Å².